The van der Waals surface area contributed by atoms with Crippen molar-refractivity contribution < 1.29 is 14.3 Å². The molecule has 0 N–H and O–H groups in total. The van der Waals surface area contributed by atoms with Gasteiger partial charge in [0, 0.05) is 0 Å². The molecule has 2 aromatic rings. The van der Waals surface area contributed by atoms with E-state index < -0.39 is 0 Å². The van der Waals surface area contributed by atoms with E-state index in [0.717, 1.165) is 5.56 Å². The van der Waals surface area contributed by atoms with E-state index in [2.05, 4.69) is 0 Å². The average Bonchev–Trinajstić information content (AvgIpc) is 2.83. The summed E-state index contributed by atoms with van der Waals surface area (Å²) in [5.41, 5.74) is 1.07. The molecule has 0 aliphatic carbocycles. The zero-order valence-electron chi connectivity index (χ0n) is 10.6. The summed E-state index contributed by atoms with van der Waals surface area (Å²) in [5.74, 6) is 1.08. The lowest BCUT2D eigenvalue weighted by Gasteiger charge is -2.10. The second-order valence-corrected chi connectivity index (χ2v) is 5.69. The van der Waals surface area contributed by atoms with Crippen molar-refractivity contribution >= 4 is 28.7 Å². The second kappa shape index (κ2) is 6.08. The highest BCUT2D eigenvalue weighted by atomic mass is 35.5. The first-order valence-corrected chi connectivity index (χ1v) is 6.85. The van der Waals surface area contributed by atoms with Gasteiger partial charge in [0.15, 0.2) is 18.1 Å². The lowest BCUT2D eigenvalue weighted by molar-refractivity contribution is 0.0923. The second-order valence-electron chi connectivity index (χ2n) is 3.97. The number of hydrogen-bond donors (Lipinski definition) is 0. The van der Waals surface area contributed by atoms with Crippen LogP contribution in [0.4, 0.5) is 0 Å². The highest BCUT2D eigenvalue weighted by molar-refractivity contribution is 7.18. The predicted molar refractivity (Wildman–Crippen MR) is 76.9 cm³/mol. The van der Waals surface area contributed by atoms with Crippen LogP contribution < -0.4 is 9.47 Å². The summed E-state index contributed by atoms with van der Waals surface area (Å²) < 4.78 is 11.3. The molecule has 0 saturated heterocycles. The maximum Gasteiger partial charge on any atom is 0.210 e. The molecule has 0 amide bonds. The zero-order valence-corrected chi connectivity index (χ0v) is 12.2. The maximum absolute atomic E-state index is 11.9. The van der Waals surface area contributed by atoms with Crippen LogP contribution >= 0.6 is 22.9 Å². The Balaban J connectivity index is 2.04. The quantitative estimate of drug-likeness (QED) is 0.783. The third-order valence-electron chi connectivity index (χ3n) is 2.53. The number of halogens is 1. The Morgan fingerprint density at radius 2 is 2.05 bits per heavy atom. The van der Waals surface area contributed by atoms with E-state index >= 15 is 0 Å². The van der Waals surface area contributed by atoms with Crippen LogP contribution in [0.1, 0.15) is 15.2 Å². The van der Waals surface area contributed by atoms with E-state index in [1.54, 1.807) is 25.3 Å². The largest absolute Gasteiger partial charge is 0.493 e. The van der Waals surface area contributed by atoms with Crippen LogP contribution in [0.2, 0.25) is 4.34 Å². The highest BCUT2D eigenvalue weighted by Gasteiger charge is 2.11. The fourth-order valence-electron chi connectivity index (χ4n) is 1.57. The lowest BCUT2D eigenvalue weighted by atomic mass is 10.2. The minimum atomic E-state index is -0.0977. The van der Waals surface area contributed by atoms with Crippen LogP contribution in [-0.4, -0.2) is 19.5 Å². The van der Waals surface area contributed by atoms with Crippen LogP contribution in [-0.2, 0) is 0 Å². The summed E-state index contributed by atoms with van der Waals surface area (Å²) in [6, 6.07) is 8.96. The molecule has 5 heteroatoms. The molecule has 2 rings (SSSR count). The maximum atomic E-state index is 11.9. The van der Waals surface area contributed by atoms with E-state index in [0.29, 0.717) is 20.7 Å². The monoisotopic (exact) mass is 296 g/mol. The number of carbonyl (C=O) groups is 1. The molecule has 0 radical (unpaired) electrons. The van der Waals surface area contributed by atoms with E-state index in [1.807, 2.05) is 19.1 Å². The smallest absolute Gasteiger partial charge is 0.210 e. The molecule has 100 valence electrons. The Kier molecular flexibility index (Phi) is 4.45. The summed E-state index contributed by atoms with van der Waals surface area (Å²) in [5, 5.41) is 0. The highest BCUT2D eigenvalue weighted by Crippen LogP contribution is 2.28. The molecule has 0 aliphatic heterocycles. The van der Waals surface area contributed by atoms with Crippen LogP contribution in [0.5, 0.6) is 11.5 Å². The summed E-state index contributed by atoms with van der Waals surface area (Å²) in [4.78, 5) is 12.5. The van der Waals surface area contributed by atoms with Gasteiger partial charge >= 0.3 is 0 Å². The molecule has 1 aromatic heterocycles. The number of Topliss-reactive ketones (excluding diaryl/α,β-unsaturated/α-hetero) is 1. The molecule has 0 fully saturated rings. The van der Waals surface area contributed by atoms with Crippen molar-refractivity contribution in [3.8, 4) is 11.5 Å². The Morgan fingerprint density at radius 1 is 1.26 bits per heavy atom. The van der Waals surface area contributed by atoms with Crippen molar-refractivity contribution in [1.29, 1.82) is 0 Å². The molecule has 0 aliphatic rings. The molecular weight excluding hydrogens is 284 g/mol. The molecule has 0 atom stereocenters. The van der Waals surface area contributed by atoms with Crippen LogP contribution in [0.3, 0.4) is 0 Å². The Morgan fingerprint density at radius 3 is 2.68 bits per heavy atom. The molecular formula is C14H13ClO3S. The van der Waals surface area contributed by atoms with Gasteiger partial charge in [-0.15, -0.1) is 11.3 Å². The number of ketones is 1. The van der Waals surface area contributed by atoms with Crippen LogP contribution in [0.15, 0.2) is 30.3 Å². The Labute approximate surface area is 120 Å². The zero-order chi connectivity index (χ0) is 13.8. The van der Waals surface area contributed by atoms with E-state index in [9.17, 15) is 4.79 Å². The first-order valence-electron chi connectivity index (χ1n) is 5.66. The van der Waals surface area contributed by atoms with Gasteiger partial charge in [-0.3, -0.25) is 4.79 Å². The van der Waals surface area contributed by atoms with Crippen molar-refractivity contribution in [2.24, 2.45) is 0 Å². The van der Waals surface area contributed by atoms with Gasteiger partial charge in [0.2, 0.25) is 5.78 Å². The number of benzene rings is 1. The van der Waals surface area contributed by atoms with E-state index in [-0.39, 0.29) is 12.4 Å². The average molecular weight is 297 g/mol. The summed E-state index contributed by atoms with van der Waals surface area (Å²) in [7, 11) is 1.57. The molecule has 0 bridgehead atoms. The first kappa shape index (κ1) is 13.9. The van der Waals surface area contributed by atoms with E-state index in [4.69, 9.17) is 21.1 Å². The number of carbonyl (C=O) groups excluding carboxylic acids is 1. The minimum absolute atomic E-state index is 0.0315. The number of thiophene rings is 1. The third-order valence-corrected chi connectivity index (χ3v) is 3.80. The normalized spacial score (nSPS) is 10.3. The Hall–Kier alpha value is -1.52. The third kappa shape index (κ3) is 3.49. The number of hydrogen-bond acceptors (Lipinski definition) is 4. The van der Waals surface area contributed by atoms with Gasteiger partial charge in [-0.05, 0) is 36.8 Å². The van der Waals surface area contributed by atoms with Crippen molar-refractivity contribution in [3.63, 3.8) is 0 Å². The SMILES string of the molecule is COc1cc(C)ccc1OCC(=O)c1ccc(Cl)s1. The number of ether oxygens (including phenoxy) is 2. The molecule has 19 heavy (non-hydrogen) atoms. The van der Waals surface area contributed by atoms with E-state index in [1.165, 1.54) is 11.3 Å². The van der Waals surface area contributed by atoms with Gasteiger partial charge in [0.25, 0.3) is 0 Å². The van der Waals surface area contributed by atoms with Crippen molar-refractivity contribution in [1.82, 2.24) is 0 Å². The summed E-state index contributed by atoms with van der Waals surface area (Å²) in [6.45, 7) is 1.93. The van der Waals surface area contributed by atoms with Gasteiger partial charge in [0.05, 0.1) is 16.3 Å². The van der Waals surface area contributed by atoms with Crippen molar-refractivity contribution in [3.05, 3.63) is 45.1 Å². The fourth-order valence-corrected chi connectivity index (χ4v) is 2.54. The Bertz CT molecular complexity index is 592. The van der Waals surface area contributed by atoms with Crippen LogP contribution in [0, 0.1) is 6.92 Å². The topological polar surface area (TPSA) is 35.5 Å². The standard InChI is InChI=1S/C14H13ClO3S/c1-9-3-4-11(12(7-9)17-2)18-8-10(16)13-5-6-14(15)19-13/h3-7H,8H2,1-2H3. The van der Waals surface area contributed by atoms with Gasteiger partial charge in [-0.2, -0.15) is 0 Å². The molecule has 0 saturated carbocycles. The number of aryl methyl sites for hydroxylation is 1. The number of rotatable bonds is 5. The first-order chi connectivity index (χ1) is 9.10. The molecule has 0 spiro atoms. The van der Waals surface area contributed by atoms with Gasteiger partial charge < -0.3 is 9.47 Å². The van der Waals surface area contributed by atoms with Crippen LogP contribution in [0.25, 0.3) is 0 Å². The molecule has 0 unspecified atom stereocenters. The van der Waals surface area contributed by atoms with Crippen molar-refractivity contribution in [2.75, 3.05) is 13.7 Å². The predicted octanol–water partition coefficient (Wildman–Crippen LogP) is 3.98. The van der Waals surface area contributed by atoms with Gasteiger partial charge in [-0.1, -0.05) is 17.7 Å². The summed E-state index contributed by atoms with van der Waals surface area (Å²) in [6.07, 6.45) is 0. The fraction of sp³-hybridized carbons (Fsp3) is 0.214. The minimum Gasteiger partial charge on any atom is -0.493 e. The molecule has 3 nitrogen and oxygen atoms in total. The number of methoxy groups -OCH3 is 1. The van der Waals surface area contributed by atoms with Gasteiger partial charge in [-0.25, -0.2) is 0 Å². The summed E-state index contributed by atoms with van der Waals surface area (Å²) >= 11 is 7.04. The van der Waals surface area contributed by atoms with Crippen molar-refractivity contribution in [2.45, 2.75) is 6.92 Å². The molecule has 1 aromatic carbocycles. The van der Waals surface area contributed by atoms with Gasteiger partial charge in [0.1, 0.15) is 0 Å². The lowest BCUT2D eigenvalue weighted by Crippen LogP contribution is -2.10. The molecule has 1 heterocycles.